The van der Waals surface area contributed by atoms with Gasteiger partial charge in [-0.05, 0) is 32.9 Å². The summed E-state index contributed by atoms with van der Waals surface area (Å²) < 4.78 is 52.3. The van der Waals surface area contributed by atoms with Gasteiger partial charge >= 0.3 is 0 Å². The first kappa shape index (κ1) is 15.3. The molecule has 0 fully saturated rings. The van der Waals surface area contributed by atoms with E-state index >= 15 is 0 Å². The number of halogens is 3. The molecular formula is C11H14ClF2NO2S. The summed E-state index contributed by atoms with van der Waals surface area (Å²) in [6, 6.07) is 2.28. The van der Waals surface area contributed by atoms with Crippen molar-refractivity contribution in [2.24, 2.45) is 0 Å². The number of hydrogen-bond acceptors (Lipinski definition) is 2. The number of hydrogen-bond donors (Lipinski definition) is 1. The third kappa shape index (κ3) is 3.40. The number of benzene rings is 1. The maximum Gasteiger partial charge on any atom is 0.244 e. The van der Waals surface area contributed by atoms with Crippen LogP contribution in [0.1, 0.15) is 20.8 Å². The molecule has 0 aromatic heterocycles. The van der Waals surface area contributed by atoms with Crippen molar-refractivity contribution in [3.8, 4) is 0 Å². The van der Waals surface area contributed by atoms with Gasteiger partial charge in [0.2, 0.25) is 10.0 Å². The van der Waals surface area contributed by atoms with Crippen LogP contribution < -0.4 is 4.72 Å². The Morgan fingerprint density at radius 3 is 2.33 bits per heavy atom. The first-order valence-electron chi connectivity index (χ1n) is 5.19. The Morgan fingerprint density at radius 1 is 1.33 bits per heavy atom. The number of rotatable bonds is 4. The Kier molecular flexibility index (Phi) is 4.35. The van der Waals surface area contributed by atoms with Gasteiger partial charge in [-0.25, -0.2) is 21.9 Å². The predicted molar refractivity (Wildman–Crippen MR) is 66.1 cm³/mol. The lowest BCUT2D eigenvalue weighted by molar-refractivity contribution is 0.442. The fraction of sp³-hybridized carbons (Fsp3) is 0.455. The van der Waals surface area contributed by atoms with Gasteiger partial charge < -0.3 is 0 Å². The first-order valence-corrected chi connectivity index (χ1v) is 7.11. The molecule has 18 heavy (non-hydrogen) atoms. The van der Waals surface area contributed by atoms with E-state index in [0.29, 0.717) is 6.07 Å². The summed E-state index contributed by atoms with van der Waals surface area (Å²) in [7, 11) is -4.09. The highest BCUT2D eigenvalue weighted by molar-refractivity contribution is 7.89. The van der Waals surface area contributed by atoms with Crippen molar-refractivity contribution in [3.63, 3.8) is 0 Å². The maximum atomic E-state index is 13.4. The van der Waals surface area contributed by atoms with Gasteiger partial charge in [-0.15, -0.1) is 11.6 Å². The molecule has 1 unspecified atom stereocenters. The molecule has 1 rings (SSSR count). The van der Waals surface area contributed by atoms with Crippen LogP contribution in [0.4, 0.5) is 8.78 Å². The minimum absolute atomic E-state index is 0.504. The van der Waals surface area contributed by atoms with E-state index in [0.717, 1.165) is 12.1 Å². The summed E-state index contributed by atoms with van der Waals surface area (Å²) in [5, 5.41) is -0.504. The largest absolute Gasteiger partial charge is 0.244 e. The Morgan fingerprint density at radius 2 is 1.89 bits per heavy atom. The van der Waals surface area contributed by atoms with Crippen molar-refractivity contribution in [2.45, 2.75) is 36.6 Å². The van der Waals surface area contributed by atoms with Crippen LogP contribution in [-0.2, 0) is 10.0 Å². The van der Waals surface area contributed by atoms with Crippen molar-refractivity contribution in [2.75, 3.05) is 0 Å². The maximum absolute atomic E-state index is 13.4. The van der Waals surface area contributed by atoms with E-state index in [9.17, 15) is 17.2 Å². The SMILES string of the molecule is CC(Cl)C(C)(C)NS(=O)(=O)c1ccc(F)cc1F. The summed E-state index contributed by atoms with van der Waals surface area (Å²) in [4.78, 5) is -0.603. The summed E-state index contributed by atoms with van der Waals surface area (Å²) in [6.45, 7) is 4.76. The molecular weight excluding hydrogens is 284 g/mol. The molecule has 0 heterocycles. The van der Waals surface area contributed by atoms with Crippen molar-refractivity contribution in [1.82, 2.24) is 4.72 Å². The first-order chi connectivity index (χ1) is 8.06. The molecule has 0 saturated carbocycles. The van der Waals surface area contributed by atoms with E-state index in [-0.39, 0.29) is 0 Å². The monoisotopic (exact) mass is 297 g/mol. The Bertz CT molecular complexity index is 544. The van der Waals surface area contributed by atoms with Gasteiger partial charge in [0.1, 0.15) is 16.5 Å². The van der Waals surface area contributed by atoms with Crippen LogP contribution >= 0.6 is 11.6 Å². The normalized spacial score (nSPS) is 14.6. The topological polar surface area (TPSA) is 46.2 Å². The molecule has 1 atom stereocenters. The lowest BCUT2D eigenvalue weighted by Crippen LogP contribution is -2.49. The van der Waals surface area contributed by atoms with E-state index in [1.54, 1.807) is 20.8 Å². The standard InChI is InChI=1S/C11H14ClF2NO2S/c1-7(12)11(2,3)15-18(16,17)10-5-4-8(13)6-9(10)14/h4-7,15H,1-3H3. The molecule has 1 aromatic rings. The quantitative estimate of drug-likeness (QED) is 0.869. The second-order valence-electron chi connectivity index (χ2n) is 4.52. The molecule has 102 valence electrons. The molecule has 1 aromatic carbocycles. The van der Waals surface area contributed by atoms with Gasteiger partial charge in [0.05, 0.1) is 0 Å². The fourth-order valence-corrected chi connectivity index (χ4v) is 2.84. The average Bonchev–Trinajstić information content (AvgIpc) is 2.14. The molecule has 0 bridgehead atoms. The molecule has 7 heteroatoms. The highest BCUT2D eigenvalue weighted by Gasteiger charge is 2.31. The minimum Gasteiger partial charge on any atom is -0.207 e. The van der Waals surface area contributed by atoms with Crippen molar-refractivity contribution >= 4 is 21.6 Å². The lowest BCUT2D eigenvalue weighted by Gasteiger charge is -2.28. The number of alkyl halides is 1. The van der Waals surface area contributed by atoms with Crippen LogP contribution in [0.25, 0.3) is 0 Å². The minimum atomic E-state index is -4.09. The molecule has 0 saturated heterocycles. The van der Waals surface area contributed by atoms with E-state index in [1.807, 2.05) is 0 Å². The van der Waals surface area contributed by atoms with Crippen molar-refractivity contribution < 1.29 is 17.2 Å². The second kappa shape index (κ2) is 5.11. The second-order valence-corrected chi connectivity index (χ2v) is 6.82. The zero-order valence-corrected chi connectivity index (χ0v) is 11.7. The van der Waals surface area contributed by atoms with E-state index < -0.39 is 37.5 Å². The zero-order valence-electron chi connectivity index (χ0n) is 10.2. The molecule has 0 aliphatic carbocycles. The van der Waals surface area contributed by atoms with Gasteiger partial charge in [0.25, 0.3) is 0 Å². The lowest BCUT2D eigenvalue weighted by atomic mass is 10.0. The Hall–Kier alpha value is -0.720. The van der Waals surface area contributed by atoms with Crippen LogP contribution in [0, 0.1) is 11.6 Å². The molecule has 0 radical (unpaired) electrons. The third-order valence-electron chi connectivity index (χ3n) is 2.58. The molecule has 0 aliphatic rings. The molecule has 0 spiro atoms. The smallest absolute Gasteiger partial charge is 0.207 e. The zero-order chi connectivity index (χ0) is 14.1. The van der Waals surface area contributed by atoms with E-state index in [4.69, 9.17) is 11.6 Å². The summed E-state index contributed by atoms with van der Waals surface area (Å²) in [5.41, 5.74) is -0.957. The van der Waals surface area contributed by atoms with Gasteiger partial charge in [0.15, 0.2) is 0 Å². The molecule has 0 aliphatic heterocycles. The molecule has 1 N–H and O–H groups in total. The highest BCUT2D eigenvalue weighted by Crippen LogP contribution is 2.21. The van der Waals surface area contributed by atoms with Gasteiger partial charge in [-0.2, -0.15) is 0 Å². The summed E-state index contributed by atoms with van der Waals surface area (Å²) in [6.07, 6.45) is 0. The number of nitrogens with one attached hydrogen (secondary N) is 1. The van der Waals surface area contributed by atoms with Gasteiger partial charge in [-0.3, -0.25) is 0 Å². The van der Waals surface area contributed by atoms with Crippen LogP contribution in [0.5, 0.6) is 0 Å². The highest BCUT2D eigenvalue weighted by atomic mass is 35.5. The molecule has 0 amide bonds. The van der Waals surface area contributed by atoms with Gasteiger partial charge in [0, 0.05) is 17.0 Å². The van der Waals surface area contributed by atoms with Crippen molar-refractivity contribution in [1.29, 1.82) is 0 Å². The third-order valence-corrected chi connectivity index (χ3v) is 4.83. The number of sulfonamides is 1. The average molecular weight is 298 g/mol. The van der Waals surface area contributed by atoms with E-state index in [2.05, 4.69) is 4.72 Å². The van der Waals surface area contributed by atoms with Crippen LogP contribution in [0.2, 0.25) is 0 Å². The molecule has 3 nitrogen and oxygen atoms in total. The van der Waals surface area contributed by atoms with Crippen LogP contribution in [0.3, 0.4) is 0 Å². The summed E-state index contributed by atoms with van der Waals surface area (Å²) >= 11 is 5.85. The van der Waals surface area contributed by atoms with Gasteiger partial charge in [-0.1, -0.05) is 0 Å². The predicted octanol–water partition coefficient (Wildman–Crippen LogP) is 2.65. The van der Waals surface area contributed by atoms with E-state index in [1.165, 1.54) is 0 Å². The van der Waals surface area contributed by atoms with Crippen molar-refractivity contribution in [3.05, 3.63) is 29.8 Å². The Balaban J connectivity index is 3.15. The van der Waals surface area contributed by atoms with Crippen LogP contribution in [-0.4, -0.2) is 19.3 Å². The van der Waals surface area contributed by atoms with Crippen LogP contribution in [0.15, 0.2) is 23.1 Å². The Labute approximate surface area is 110 Å². The summed E-state index contributed by atoms with van der Waals surface area (Å²) in [5.74, 6) is -1.98. The fourth-order valence-electron chi connectivity index (χ4n) is 1.18.